The number of carbonyl (C=O) groups is 2. The molecule has 0 saturated heterocycles. The predicted octanol–water partition coefficient (Wildman–Crippen LogP) is 6.76. The van der Waals surface area contributed by atoms with Gasteiger partial charge in [0.25, 0.3) is 0 Å². The van der Waals surface area contributed by atoms with Gasteiger partial charge in [0.1, 0.15) is 5.60 Å². The van der Waals surface area contributed by atoms with Crippen molar-refractivity contribution in [3.8, 4) is 0 Å². The van der Waals surface area contributed by atoms with E-state index in [9.17, 15) is 14.7 Å². The summed E-state index contributed by atoms with van der Waals surface area (Å²) in [5.41, 5.74) is 2.34. The van der Waals surface area contributed by atoms with E-state index in [-0.39, 0.29) is 5.78 Å². The van der Waals surface area contributed by atoms with E-state index in [1.807, 2.05) is 89.3 Å². The minimum atomic E-state index is -1.15. The fraction of sp³-hybridized carbons (Fsp3) is 0.333. The summed E-state index contributed by atoms with van der Waals surface area (Å²) in [6, 6.07) is 0. The first-order chi connectivity index (χ1) is 15.8. The number of allylic oxidation sites excluding steroid dienone is 15. The lowest BCUT2D eigenvalue weighted by atomic mass is 9.64. The van der Waals surface area contributed by atoms with Gasteiger partial charge in [-0.05, 0) is 52.3 Å². The minimum Gasteiger partial charge on any atom is -0.478 e. The molecule has 0 aliphatic heterocycles. The van der Waals surface area contributed by atoms with Crippen LogP contribution in [0, 0.1) is 5.41 Å². The van der Waals surface area contributed by atoms with Crippen molar-refractivity contribution in [1.82, 2.24) is 0 Å². The standard InChI is InChI=1S/C30H38O4/c1-22(12-8-9-13-23(2)16-11-17-25(4)28(32)33)14-10-15-24(3)18-19-30(34)26(5)20-27(31)21-29(30,6)7/h8-20,34H,21H2,1-7H3,(H,32,33)/b9-8+,14-10+,16-11+,19-18+,22-12+,23-13+,24-15+,25-17+/t30-/m1/s1. The van der Waals surface area contributed by atoms with E-state index in [1.165, 1.54) is 0 Å². The third-order valence-electron chi connectivity index (χ3n) is 5.80. The van der Waals surface area contributed by atoms with Crippen molar-refractivity contribution in [3.05, 3.63) is 107 Å². The molecule has 0 heterocycles. The van der Waals surface area contributed by atoms with Crippen molar-refractivity contribution in [2.24, 2.45) is 5.41 Å². The Bertz CT molecular complexity index is 1050. The number of ketones is 1. The fourth-order valence-electron chi connectivity index (χ4n) is 3.46. The van der Waals surface area contributed by atoms with Crippen LogP contribution >= 0.6 is 0 Å². The van der Waals surface area contributed by atoms with Crippen LogP contribution in [0.1, 0.15) is 54.9 Å². The van der Waals surface area contributed by atoms with Crippen molar-refractivity contribution in [2.45, 2.75) is 60.5 Å². The van der Waals surface area contributed by atoms with Crippen LogP contribution in [0.3, 0.4) is 0 Å². The van der Waals surface area contributed by atoms with E-state index in [1.54, 1.807) is 38.2 Å². The Labute approximate surface area is 204 Å². The first kappa shape index (κ1) is 28.8. The highest BCUT2D eigenvalue weighted by Crippen LogP contribution is 2.44. The molecule has 0 radical (unpaired) electrons. The van der Waals surface area contributed by atoms with Gasteiger partial charge in [0, 0.05) is 17.4 Å². The molecule has 34 heavy (non-hydrogen) atoms. The molecule has 0 fully saturated rings. The summed E-state index contributed by atoms with van der Waals surface area (Å²) in [5.74, 6) is -0.867. The van der Waals surface area contributed by atoms with Crippen LogP contribution in [0.2, 0.25) is 0 Å². The quantitative estimate of drug-likeness (QED) is 0.293. The van der Waals surface area contributed by atoms with Gasteiger partial charge in [0.2, 0.25) is 0 Å². The van der Waals surface area contributed by atoms with Crippen LogP contribution in [-0.4, -0.2) is 27.6 Å². The van der Waals surface area contributed by atoms with Gasteiger partial charge in [0.15, 0.2) is 5.78 Å². The molecule has 0 unspecified atom stereocenters. The van der Waals surface area contributed by atoms with Crippen LogP contribution in [0.15, 0.2) is 107 Å². The molecule has 0 aromatic rings. The van der Waals surface area contributed by atoms with E-state index >= 15 is 0 Å². The molecular formula is C30H38O4. The largest absolute Gasteiger partial charge is 0.478 e. The first-order valence-electron chi connectivity index (χ1n) is 11.4. The average molecular weight is 463 g/mol. The number of aliphatic hydroxyl groups is 1. The van der Waals surface area contributed by atoms with E-state index < -0.39 is 17.0 Å². The van der Waals surface area contributed by atoms with E-state index in [2.05, 4.69) is 0 Å². The SMILES string of the molecule is CC1=CC(=O)CC(C)(C)[C@@]1(O)/C=C/C(C)=C/C=C/C(C)=C/C=C/C=C(C)/C=C/C=C(\C)C(=O)O. The van der Waals surface area contributed by atoms with Crippen LogP contribution in [0.25, 0.3) is 0 Å². The summed E-state index contributed by atoms with van der Waals surface area (Å²) in [5, 5.41) is 20.0. The maximum absolute atomic E-state index is 11.9. The van der Waals surface area contributed by atoms with Crippen LogP contribution < -0.4 is 0 Å². The van der Waals surface area contributed by atoms with Crippen molar-refractivity contribution in [1.29, 1.82) is 0 Å². The van der Waals surface area contributed by atoms with Gasteiger partial charge in [-0.15, -0.1) is 0 Å². The van der Waals surface area contributed by atoms with Crippen molar-refractivity contribution < 1.29 is 19.8 Å². The normalized spacial score (nSPS) is 23.1. The van der Waals surface area contributed by atoms with Crippen molar-refractivity contribution >= 4 is 11.8 Å². The molecule has 0 saturated carbocycles. The van der Waals surface area contributed by atoms with E-state index in [4.69, 9.17) is 5.11 Å². The number of rotatable bonds is 9. The van der Waals surface area contributed by atoms with Crippen molar-refractivity contribution in [3.63, 3.8) is 0 Å². The Morgan fingerprint density at radius 3 is 1.82 bits per heavy atom. The predicted molar refractivity (Wildman–Crippen MR) is 141 cm³/mol. The Hall–Kier alpha value is -3.24. The zero-order chi connectivity index (χ0) is 25.9. The molecule has 1 aliphatic rings. The van der Waals surface area contributed by atoms with Crippen molar-refractivity contribution in [2.75, 3.05) is 0 Å². The third-order valence-corrected chi connectivity index (χ3v) is 5.80. The van der Waals surface area contributed by atoms with Crippen LogP contribution in [0.5, 0.6) is 0 Å². The lowest BCUT2D eigenvalue weighted by Gasteiger charge is -2.44. The second-order valence-electron chi connectivity index (χ2n) is 9.44. The highest BCUT2D eigenvalue weighted by molar-refractivity contribution is 5.92. The molecule has 1 rings (SSSR count). The average Bonchev–Trinajstić information content (AvgIpc) is 2.73. The summed E-state index contributed by atoms with van der Waals surface area (Å²) < 4.78 is 0. The first-order valence-corrected chi connectivity index (χ1v) is 11.4. The number of hydrogen-bond donors (Lipinski definition) is 2. The number of hydrogen-bond acceptors (Lipinski definition) is 3. The summed E-state index contributed by atoms with van der Waals surface area (Å²) in [4.78, 5) is 22.6. The molecule has 1 atom stereocenters. The second-order valence-corrected chi connectivity index (χ2v) is 9.44. The summed E-state index contributed by atoms with van der Waals surface area (Å²) >= 11 is 0. The third kappa shape index (κ3) is 8.95. The van der Waals surface area contributed by atoms with Gasteiger partial charge >= 0.3 is 5.97 Å². The molecule has 0 spiro atoms. The van der Waals surface area contributed by atoms with Crippen LogP contribution in [0.4, 0.5) is 0 Å². The van der Waals surface area contributed by atoms with E-state index in [0.29, 0.717) is 17.6 Å². The van der Waals surface area contributed by atoms with Gasteiger partial charge in [-0.2, -0.15) is 0 Å². The molecule has 2 N–H and O–H groups in total. The van der Waals surface area contributed by atoms with Gasteiger partial charge in [-0.3, -0.25) is 4.79 Å². The second kappa shape index (κ2) is 12.9. The number of aliphatic carboxylic acids is 1. The molecular weight excluding hydrogens is 424 g/mol. The zero-order valence-corrected chi connectivity index (χ0v) is 21.4. The molecule has 182 valence electrons. The van der Waals surface area contributed by atoms with Gasteiger partial charge in [0.05, 0.1) is 0 Å². The fourth-order valence-corrected chi connectivity index (χ4v) is 3.46. The molecule has 0 bridgehead atoms. The Kier molecular flexibility index (Phi) is 10.9. The number of carboxylic acids is 1. The maximum atomic E-state index is 11.9. The lowest BCUT2D eigenvalue weighted by Crippen LogP contribution is -2.48. The van der Waals surface area contributed by atoms with E-state index in [0.717, 1.165) is 16.7 Å². The Morgan fingerprint density at radius 2 is 1.32 bits per heavy atom. The van der Waals surface area contributed by atoms with Gasteiger partial charge in [-0.25, -0.2) is 4.79 Å². The highest BCUT2D eigenvalue weighted by atomic mass is 16.4. The maximum Gasteiger partial charge on any atom is 0.331 e. The molecule has 0 aromatic heterocycles. The number of carbonyl (C=O) groups excluding carboxylic acids is 1. The Morgan fingerprint density at radius 1 is 0.853 bits per heavy atom. The summed E-state index contributed by atoms with van der Waals surface area (Å²) in [6.45, 7) is 13.1. The Balaban J connectivity index is 2.75. The summed E-state index contributed by atoms with van der Waals surface area (Å²) in [6.07, 6.45) is 24.5. The summed E-state index contributed by atoms with van der Waals surface area (Å²) in [7, 11) is 0. The molecule has 0 amide bonds. The van der Waals surface area contributed by atoms with Gasteiger partial charge in [-0.1, -0.05) is 97.4 Å². The molecule has 4 heteroatoms. The lowest BCUT2D eigenvalue weighted by molar-refractivity contribution is -0.132. The molecule has 1 aliphatic carbocycles. The molecule has 4 nitrogen and oxygen atoms in total. The number of carboxylic acid groups (broad SMARTS) is 1. The molecule has 0 aromatic carbocycles. The minimum absolute atomic E-state index is 0.0529. The monoisotopic (exact) mass is 462 g/mol. The highest BCUT2D eigenvalue weighted by Gasteiger charge is 2.46. The van der Waals surface area contributed by atoms with Crippen LogP contribution in [-0.2, 0) is 9.59 Å². The van der Waals surface area contributed by atoms with Gasteiger partial charge < -0.3 is 10.2 Å². The smallest absolute Gasteiger partial charge is 0.331 e. The zero-order valence-electron chi connectivity index (χ0n) is 21.4. The topological polar surface area (TPSA) is 74.6 Å².